The van der Waals surface area contributed by atoms with E-state index in [1.54, 1.807) is 0 Å². The number of likely N-dealkylation sites (N-methyl/N-ethyl adjacent to an activating group) is 1. The fraction of sp³-hybridized carbons (Fsp3) is 0.792. The molecule has 0 bridgehead atoms. The van der Waals surface area contributed by atoms with Gasteiger partial charge in [0.05, 0.1) is 34.4 Å². The number of hydrogen-bond acceptors (Lipinski definition) is 6. The van der Waals surface area contributed by atoms with Gasteiger partial charge in [-0.25, -0.2) is 4.57 Å². The molecular formula is C53H99NO7P+. The summed E-state index contributed by atoms with van der Waals surface area (Å²) in [4.78, 5) is 22.9. The summed E-state index contributed by atoms with van der Waals surface area (Å²) in [6, 6.07) is 0. The molecule has 362 valence electrons. The number of nitrogens with zero attached hydrogens (tertiary/aromatic N) is 1. The standard InChI is InChI=1S/C53H98NO7P/c1-6-8-10-12-14-16-18-20-22-23-24-25-26-27-28-29-30-31-32-33-35-37-39-41-43-45-48-58-50-52(51-60-62(56,57)59-49-47-54(3,4)5)61-53(55)46-44-42-40-38-36-34-21-19-17-15-13-11-9-7-2/h13,15,18-21,23-24,26-27,52H,6-12,14,16-17,22,25,28-51H2,1-5H3/p+1/b15-13-,20-18-,21-19-,24-23-,27-26-. The Morgan fingerprint density at radius 1 is 0.500 bits per heavy atom. The van der Waals surface area contributed by atoms with E-state index >= 15 is 0 Å². The number of carbonyl (C=O) groups is 1. The fourth-order valence-corrected chi connectivity index (χ4v) is 7.55. The van der Waals surface area contributed by atoms with Crippen LogP contribution >= 0.6 is 7.82 Å². The van der Waals surface area contributed by atoms with Gasteiger partial charge in [-0.15, -0.1) is 0 Å². The van der Waals surface area contributed by atoms with Crippen LogP contribution < -0.4 is 0 Å². The highest BCUT2D eigenvalue weighted by atomic mass is 31.2. The van der Waals surface area contributed by atoms with Crippen LogP contribution in [0.2, 0.25) is 0 Å². The van der Waals surface area contributed by atoms with Gasteiger partial charge in [0.25, 0.3) is 0 Å². The van der Waals surface area contributed by atoms with Gasteiger partial charge in [0.1, 0.15) is 19.3 Å². The topological polar surface area (TPSA) is 91.3 Å². The summed E-state index contributed by atoms with van der Waals surface area (Å²) < 4.78 is 35.1. The van der Waals surface area contributed by atoms with Crippen LogP contribution in [0.4, 0.5) is 0 Å². The van der Waals surface area contributed by atoms with Crippen molar-refractivity contribution >= 4 is 13.8 Å². The Bertz CT molecular complexity index is 1170. The number of quaternary nitrogens is 1. The number of esters is 1. The molecule has 0 aliphatic carbocycles. The minimum Gasteiger partial charge on any atom is -0.457 e. The van der Waals surface area contributed by atoms with Crippen molar-refractivity contribution in [2.75, 3.05) is 54.1 Å². The predicted octanol–water partition coefficient (Wildman–Crippen LogP) is 15.7. The minimum atomic E-state index is -4.29. The average Bonchev–Trinajstić information content (AvgIpc) is 3.23. The number of rotatable bonds is 47. The molecule has 0 saturated heterocycles. The van der Waals surface area contributed by atoms with E-state index in [2.05, 4.69) is 74.6 Å². The molecule has 9 heteroatoms. The van der Waals surface area contributed by atoms with Gasteiger partial charge in [-0.1, -0.05) is 190 Å². The summed E-state index contributed by atoms with van der Waals surface area (Å²) in [6.07, 6.45) is 58.4. The summed E-state index contributed by atoms with van der Waals surface area (Å²) >= 11 is 0. The summed E-state index contributed by atoms with van der Waals surface area (Å²) in [5.74, 6) is -0.329. The Balaban J connectivity index is 4.10. The van der Waals surface area contributed by atoms with Gasteiger partial charge < -0.3 is 18.9 Å². The van der Waals surface area contributed by atoms with E-state index in [1.807, 2.05) is 21.1 Å². The molecule has 0 spiro atoms. The van der Waals surface area contributed by atoms with Crippen LogP contribution in [0, 0.1) is 0 Å². The van der Waals surface area contributed by atoms with E-state index in [0.29, 0.717) is 24.1 Å². The Kier molecular flexibility index (Phi) is 44.4. The van der Waals surface area contributed by atoms with Crippen LogP contribution in [0.5, 0.6) is 0 Å². The summed E-state index contributed by atoms with van der Waals surface area (Å²) in [7, 11) is 1.65. The number of phosphoric acid groups is 1. The molecule has 0 radical (unpaired) electrons. The Morgan fingerprint density at radius 3 is 1.37 bits per heavy atom. The van der Waals surface area contributed by atoms with Crippen LogP contribution in [0.3, 0.4) is 0 Å². The van der Waals surface area contributed by atoms with Crippen LogP contribution in [0.15, 0.2) is 60.8 Å². The fourth-order valence-electron chi connectivity index (χ4n) is 6.81. The van der Waals surface area contributed by atoms with Gasteiger partial charge in [0.2, 0.25) is 0 Å². The molecule has 8 nitrogen and oxygen atoms in total. The number of unbranched alkanes of at least 4 members (excludes halogenated alkanes) is 23. The Hall–Kier alpha value is -1.80. The third-order valence-electron chi connectivity index (χ3n) is 10.8. The zero-order chi connectivity index (χ0) is 45.5. The van der Waals surface area contributed by atoms with Crippen molar-refractivity contribution in [1.29, 1.82) is 0 Å². The second-order valence-corrected chi connectivity index (χ2v) is 19.6. The van der Waals surface area contributed by atoms with E-state index < -0.39 is 13.9 Å². The van der Waals surface area contributed by atoms with Gasteiger partial charge in [0, 0.05) is 13.0 Å². The molecular weight excluding hydrogens is 794 g/mol. The maximum Gasteiger partial charge on any atom is 0.472 e. The first kappa shape index (κ1) is 60.2. The predicted molar refractivity (Wildman–Crippen MR) is 266 cm³/mol. The number of hydrogen-bond donors (Lipinski definition) is 1. The first-order valence-electron chi connectivity index (χ1n) is 25.5. The second kappa shape index (κ2) is 45.8. The quantitative estimate of drug-likeness (QED) is 0.0214. The lowest BCUT2D eigenvalue weighted by molar-refractivity contribution is -0.870. The minimum absolute atomic E-state index is 0.0831. The van der Waals surface area contributed by atoms with Crippen molar-refractivity contribution in [2.24, 2.45) is 0 Å². The zero-order valence-electron chi connectivity index (χ0n) is 41.1. The molecule has 62 heavy (non-hydrogen) atoms. The first-order valence-corrected chi connectivity index (χ1v) is 27.0. The Labute approximate surface area is 383 Å². The molecule has 0 aromatic heterocycles. The lowest BCUT2D eigenvalue weighted by Gasteiger charge is -2.24. The highest BCUT2D eigenvalue weighted by Crippen LogP contribution is 2.43. The van der Waals surface area contributed by atoms with Gasteiger partial charge >= 0.3 is 13.8 Å². The lowest BCUT2D eigenvalue weighted by Crippen LogP contribution is -2.37. The van der Waals surface area contributed by atoms with E-state index in [-0.39, 0.29) is 25.8 Å². The molecule has 2 atom stereocenters. The zero-order valence-corrected chi connectivity index (χ0v) is 42.0. The van der Waals surface area contributed by atoms with Crippen LogP contribution in [-0.2, 0) is 27.9 Å². The van der Waals surface area contributed by atoms with Crippen molar-refractivity contribution in [3.63, 3.8) is 0 Å². The third-order valence-corrected chi connectivity index (χ3v) is 11.8. The largest absolute Gasteiger partial charge is 0.472 e. The van der Waals surface area contributed by atoms with Gasteiger partial charge in [-0.05, 0) is 77.0 Å². The molecule has 0 saturated carbocycles. The normalized spacial score (nSPS) is 14.1. The summed E-state index contributed by atoms with van der Waals surface area (Å²) in [5, 5.41) is 0. The van der Waals surface area contributed by atoms with Crippen molar-refractivity contribution < 1.29 is 37.3 Å². The monoisotopic (exact) mass is 893 g/mol. The van der Waals surface area contributed by atoms with Gasteiger partial charge in [-0.3, -0.25) is 13.8 Å². The SMILES string of the molecule is CCCC/C=C\C/C=C\CCCCCCCC(=O)OC(COCCCCCCCCCCCCC/C=C\C/C=C\C/C=C\CCCCCCC)COP(=O)(O)OCC[N+](C)(C)C. The van der Waals surface area contributed by atoms with E-state index in [4.69, 9.17) is 18.5 Å². The lowest BCUT2D eigenvalue weighted by atomic mass is 10.1. The summed E-state index contributed by atoms with van der Waals surface area (Å²) in [6.45, 7) is 5.55. The second-order valence-electron chi connectivity index (χ2n) is 18.2. The molecule has 0 amide bonds. The van der Waals surface area contributed by atoms with Crippen molar-refractivity contribution in [3.8, 4) is 0 Å². The summed E-state index contributed by atoms with van der Waals surface area (Å²) in [5.41, 5.74) is 0. The van der Waals surface area contributed by atoms with E-state index in [0.717, 1.165) is 70.6 Å². The van der Waals surface area contributed by atoms with Crippen LogP contribution in [-0.4, -0.2) is 75.6 Å². The maximum absolute atomic E-state index is 12.7. The third kappa shape index (κ3) is 49.2. The maximum atomic E-state index is 12.7. The molecule has 1 N–H and O–H groups in total. The highest BCUT2D eigenvalue weighted by molar-refractivity contribution is 7.47. The number of phosphoric ester groups is 1. The van der Waals surface area contributed by atoms with Crippen molar-refractivity contribution in [2.45, 2.75) is 219 Å². The highest BCUT2D eigenvalue weighted by Gasteiger charge is 2.26. The van der Waals surface area contributed by atoms with E-state index in [9.17, 15) is 14.3 Å². The number of carbonyl (C=O) groups excluding carboxylic acids is 1. The van der Waals surface area contributed by atoms with Crippen LogP contribution in [0.1, 0.15) is 213 Å². The number of ether oxygens (including phenoxy) is 2. The molecule has 0 aromatic rings. The molecule has 0 aliphatic rings. The molecule has 0 aliphatic heterocycles. The van der Waals surface area contributed by atoms with Gasteiger partial charge in [0.15, 0.2) is 0 Å². The van der Waals surface area contributed by atoms with E-state index in [1.165, 1.54) is 122 Å². The van der Waals surface area contributed by atoms with Gasteiger partial charge in [-0.2, -0.15) is 0 Å². The molecule has 0 rings (SSSR count). The number of allylic oxidation sites excluding steroid dienone is 10. The molecule has 2 unspecified atom stereocenters. The first-order chi connectivity index (χ1) is 30.1. The smallest absolute Gasteiger partial charge is 0.457 e. The molecule has 0 aromatic carbocycles. The van der Waals surface area contributed by atoms with Crippen LogP contribution in [0.25, 0.3) is 0 Å². The van der Waals surface area contributed by atoms with Crippen molar-refractivity contribution in [3.05, 3.63) is 60.8 Å². The molecule has 0 fully saturated rings. The Morgan fingerprint density at radius 2 is 0.903 bits per heavy atom. The average molecular weight is 893 g/mol. The molecule has 0 heterocycles. The van der Waals surface area contributed by atoms with Crippen molar-refractivity contribution in [1.82, 2.24) is 0 Å².